The Morgan fingerprint density at radius 3 is 1.14 bits per heavy atom. The summed E-state index contributed by atoms with van der Waals surface area (Å²) in [7, 11) is 0. The van der Waals surface area contributed by atoms with Gasteiger partial charge in [-0.3, -0.25) is 0 Å². The van der Waals surface area contributed by atoms with Crippen LogP contribution in [0.5, 0.6) is 0 Å². The van der Waals surface area contributed by atoms with E-state index in [4.69, 9.17) is 15.0 Å². The number of hydrogen-bond acceptors (Lipinski definition) is 4. The fourth-order valence-corrected chi connectivity index (χ4v) is 0. The van der Waals surface area contributed by atoms with Gasteiger partial charge >= 0.3 is 97.8 Å². The van der Waals surface area contributed by atoms with E-state index in [1.54, 1.807) is 0 Å². The van der Waals surface area contributed by atoms with Gasteiger partial charge in [0.05, 0.1) is 0 Å². The van der Waals surface area contributed by atoms with Crippen molar-refractivity contribution >= 4 is 104 Å². The molecule has 0 amide bonds. The number of carbonyl (C=O) groups excluding carboxylic acids is 1. The van der Waals surface area contributed by atoms with Crippen molar-refractivity contribution in [3.63, 3.8) is 0 Å². The first-order chi connectivity index (χ1) is 1.73. The SMILES string of the molecule is O=C([O-])[O-].[Ba+2].[Ba+2].[OH-]. The normalized spacial score (nSPS) is 3.43. The van der Waals surface area contributed by atoms with Crippen LogP contribution < -0.4 is 10.2 Å². The Labute approximate surface area is 121 Å². The number of carbonyl (C=O) groups is 1. The molecule has 1 N–H and O–H groups in total. The molecule has 0 bridgehead atoms. The van der Waals surface area contributed by atoms with Crippen molar-refractivity contribution in [1.82, 2.24) is 0 Å². The molecule has 6 heteroatoms. The average Bonchev–Trinajstić information content (AvgIpc) is 0.811. The smallest absolute Gasteiger partial charge is 0.870 e. The summed E-state index contributed by atoms with van der Waals surface area (Å²) >= 11 is 0. The third-order valence-corrected chi connectivity index (χ3v) is 0. The van der Waals surface area contributed by atoms with Gasteiger partial charge in [0.2, 0.25) is 0 Å². The molecule has 7 heavy (non-hydrogen) atoms. The standard InChI is InChI=1S/CH2O3.2Ba.H2O/c2-1(3)4;;;/h(H2,2,3,4);;;1H2/q;2*+2;/p-3. The first-order valence-corrected chi connectivity index (χ1v) is 0.612. The summed E-state index contributed by atoms with van der Waals surface area (Å²) in [5, 5.41) is 16.7. The van der Waals surface area contributed by atoms with Crippen LogP contribution in [0.4, 0.5) is 4.79 Å². The summed E-state index contributed by atoms with van der Waals surface area (Å²) in [6.45, 7) is 0. The van der Waals surface area contributed by atoms with Crippen molar-refractivity contribution in [3.05, 3.63) is 0 Å². The summed E-state index contributed by atoms with van der Waals surface area (Å²) < 4.78 is 0. The molecular weight excluding hydrogens is 351 g/mol. The van der Waals surface area contributed by atoms with Crippen molar-refractivity contribution in [2.24, 2.45) is 0 Å². The molecule has 0 aliphatic heterocycles. The maximum Gasteiger partial charge on any atom is 2.00 e. The second-order valence-corrected chi connectivity index (χ2v) is 0.250. The van der Waals surface area contributed by atoms with Crippen molar-refractivity contribution in [2.75, 3.05) is 0 Å². The van der Waals surface area contributed by atoms with Gasteiger partial charge in [0.1, 0.15) is 0 Å². The predicted octanol–water partition coefficient (Wildman–Crippen LogP) is -3.39. The largest absolute Gasteiger partial charge is 2.00 e. The molecule has 0 radical (unpaired) electrons. The van der Waals surface area contributed by atoms with E-state index < -0.39 is 6.16 Å². The zero-order chi connectivity index (χ0) is 3.58. The predicted molar refractivity (Wildman–Crippen MR) is 18.8 cm³/mol. The van der Waals surface area contributed by atoms with Crippen molar-refractivity contribution in [1.29, 1.82) is 0 Å². The third kappa shape index (κ3) is 60.4. The number of hydrogen-bond donors (Lipinski definition) is 0. The number of rotatable bonds is 0. The van der Waals surface area contributed by atoms with Gasteiger partial charge in [-0.15, -0.1) is 0 Å². The van der Waals surface area contributed by atoms with Gasteiger partial charge < -0.3 is 20.5 Å². The molecule has 4 nitrogen and oxygen atoms in total. The van der Waals surface area contributed by atoms with Gasteiger partial charge in [0.25, 0.3) is 0 Å². The first-order valence-electron chi connectivity index (χ1n) is 0.612. The monoisotopic (exact) mass is 353 g/mol. The zero-order valence-electron chi connectivity index (χ0n) is 3.59. The average molecular weight is 352 g/mol. The fourth-order valence-electron chi connectivity index (χ4n) is 0. The Morgan fingerprint density at radius 1 is 1.14 bits per heavy atom. The minimum absolute atomic E-state index is 0. The quantitative estimate of drug-likeness (QED) is 0.426. The van der Waals surface area contributed by atoms with E-state index >= 15 is 0 Å². The minimum Gasteiger partial charge on any atom is -0.870 e. The number of carboxylic acid groups (broad SMARTS) is 2. The van der Waals surface area contributed by atoms with E-state index in [0.29, 0.717) is 0 Å². The van der Waals surface area contributed by atoms with Gasteiger partial charge in [-0.05, 0) is 6.16 Å². The van der Waals surface area contributed by atoms with E-state index in [1.807, 2.05) is 0 Å². The van der Waals surface area contributed by atoms with Crippen LogP contribution in [0.25, 0.3) is 0 Å². The minimum atomic E-state index is -2.33. The summed E-state index contributed by atoms with van der Waals surface area (Å²) in [6, 6.07) is 0. The Hall–Kier alpha value is 2.37. The van der Waals surface area contributed by atoms with Crippen LogP contribution in [0, 0.1) is 0 Å². The Kier molecular flexibility index (Phi) is 51.3. The Balaban J connectivity index is -0.0000000150. The fraction of sp³-hybridized carbons (Fsp3) is 0. The van der Waals surface area contributed by atoms with Crippen LogP contribution in [0.1, 0.15) is 0 Å². The van der Waals surface area contributed by atoms with Crippen LogP contribution in [0.2, 0.25) is 0 Å². The molecule has 0 atom stereocenters. The molecule has 0 rings (SSSR count). The van der Waals surface area contributed by atoms with Crippen molar-refractivity contribution < 1.29 is 20.5 Å². The molecule has 0 unspecified atom stereocenters. The molecule has 0 aromatic heterocycles. The van der Waals surface area contributed by atoms with Crippen molar-refractivity contribution in [3.8, 4) is 0 Å². The van der Waals surface area contributed by atoms with Crippen molar-refractivity contribution in [2.45, 2.75) is 0 Å². The molecule has 0 fully saturated rings. The van der Waals surface area contributed by atoms with Crippen LogP contribution in [-0.4, -0.2) is 109 Å². The maximum atomic E-state index is 8.33. The van der Waals surface area contributed by atoms with E-state index in [9.17, 15) is 0 Å². The summed E-state index contributed by atoms with van der Waals surface area (Å²) in [4.78, 5) is 8.33. The molecule has 0 aliphatic rings. The van der Waals surface area contributed by atoms with Crippen LogP contribution in [0.15, 0.2) is 0 Å². The molecule has 0 saturated carbocycles. The molecule has 0 spiro atoms. The van der Waals surface area contributed by atoms with E-state index in [-0.39, 0.29) is 103 Å². The molecule has 0 saturated heterocycles. The summed E-state index contributed by atoms with van der Waals surface area (Å²) in [5.41, 5.74) is 0. The van der Waals surface area contributed by atoms with Gasteiger partial charge in [-0.2, -0.15) is 0 Å². The summed E-state index contributed by atoms with van der Waals surface area (Å²) in [5.74, 6) is 0. The zero-order valence-corrected chi connectivity index (χ0v) is 12.5. The van der Waals surface area contributed by atoms with E-state index in [2.05, 4.69) is 0 Å². The van der Waals surface area contributed by atoms with Crippen LogP contribution in [0.3, 0.4) is 0 Å². The van der Waals surface area contributed by atoms with Crippen LogP contribution in [-0.2, 0) is 0 Å². The van der Waals surface area contributed by atoms with Gasteiger partial charge in [0.15, 0.2) is 0 Å². The van der Waals surface area contributed by atoms with E-state index in [0.717, 1.165) is 0 Å². The van der Waals surface area contributed by atoms with Gasteiger partial charge in [-0.25, -0.2) is 0 Å². The van der Waals surface area contributed by atoms with Crippen LogP contribution >= 0.6 is 0 Å². The topological polar surface area (TPSA) is 93.2 Å². The second kappa shape index (κ2) is 15.8. The van der Waals surface area contributed by atoms with E-state index in [1.165, 1.54) is 0 Å². The molecule has 0 aromatic rings. The molecular formula is CHBa2O4+. The van der Waals surface area contributed by atoms with Gasteiger partial charge in [0, 0.05) is 0 Å². The van der Waals surface area contributed by atoms with Gasteiger partial charge in [-0.1, -0.05) is 0 Å². The second-order valence-electron chi connectivity index (χ2n) is 0.250. The Morgan fingerprint density at radius 2 is 1.14 bits per heavy atom. The molecule has 0 heterocycles. The molecule has 0 aromatic carbocycles. The molecule has 32 valence electrons. The summed E-state index contributed by atoms with van der Waals surface area (Å²) in [6.07, 6.45) is -2.33. The molecule has 0 aliphatic carbocycles. The maximum absolute atomic E-state index is 8.33. The third-order valence-electron chi connectivity index (χ3n) is 0. The first kappa shape index (κ1) is 22.8. The Bertz CT molecular complexity index is 32.7.